The number of aryl methyl sites for hydroxylation is 1. The molecular formula is C25H20ClNO3. The number of nitrogens with zero attached hydrogens (tertiary/aromatic N) is 1. The average Bonchev–Trinajstić information content (AvgIpc) is 3.00. The summed E-state index contributed by atoms with van der Waals surface area (Å²) in [6, 6.07) is 23.0. The fourth-order valence-corrected chi connectivity index (χ4v) is 3.81. The molecule has 1 aliphatic heterocycles. The molecule has 0 radical (unpaired) electrons. The van der Waals surface area contributed by atoms with Crippen LogP contribution in [0.2, 0.25) is 5.02 Å². The van der Waals surface area contributed by atoms with E-state index in [4.69, 9.17) is 11.6 Å². The number of amides is 1. The van der Waals surface area contributed by atoms with Crippen molar-refractivity contribution in [2.45, 2.75) is 19.5 Å². The number of rotatable bonds is 4. The second-order valence-electron chi connectivity index (χ2n) is 7.33. The van der Waals surface area contributed by atoms with Gasteiger partial charge in [-0.25, -0.2) is 0 Å². The van der Waals surface area contributed by atoms with Crippen molar-refractivity contribution < 1.29 is 14.7 Å². The zero-order chi connectivity index (χ0) is 21.3. The van der Waals surface area contributed by atoms with Crippen molar-refractivity contribution in [3.8, 4) is 0 Å². The molecule has 1 unspecified atom stereocenters. The molecular weight excluding hydrogens is 398 g/mol. The maximum atomic E-state index is 13.0. The minimum absolute atomic E-state index is 0.0853. The minimum Gasteiger partial charge on any atom is -0.507 e. The summed E-state index contributed by atoms with van der Waals surface area (Å²) in [6.07, 6.45) is 0. The Kier molecular flexibility index (Phi) is 5.42. The summed E-state index contributed by atoms with van der Waals surface area (Å²) in [5.74, 6) is -1.52. The van der Waals surface area contributed by atoms with Crippen molar-refractivity contribution in [3.63, 3.8) is 0 Å². The largest absolute Gasteiger partial charge is 0.507 e. The van der Waals surface area contributed by atoms with Gasteiger partial charge in [0, 0.05) is 17.1 Å². The van der Waals surface area contributed by atoms with Crippen LogP contribution in [0, 0.1) is 6.92 Å². The maximum Gasteiger partial charge on any atom is 0.295 e. The highest BCUT2D eigenvalue weighted by Crippen LogP contribution is 2.40. The van der Waals surface area contributed by atoms with E-state index in [9.17, 15) is 14.7 Å². The zero-order valence-electron chi connectivity index (χ0n) is 16.4. The first-order chi connectivity index (χ1) is 14.5. The van der Waals surface area contributed by atoms with Gasteiger partial charge >= 0.3 is 0 Å². The molecule has 0 aromatic heterocycles. The van der Waals surface area contributed by atoms with Gasteiger partial charge in [-0.2, -0.15) is 0 Å². The van der Waals surface area contributed by atoms with Gasteiger partial charge in [-0.15, -0.1) is 0 Å². The number of likely N-dealkylation sites (tertiary alicyclic amines) is 1. The molecule has 30 heavy (non-hydrogen) atoms. The number of hydrogen-bond donors (Lipinski definition) is 1. The van der Waals surface area contributed by atoms with Crippen molar-refractivity contribution in [2.75, 3.05) is 0 Å². The molecule has 4 rings (SSSR count). The number of aliphatic hydroxyl groups excluding tert-OH is 1. The average molecular weight is 418 g/mol. The number of benzene rings is 3. The number of Topliss-reactive ketones (excluding diaryl/α,β-unsaturated/α-hetero) is 1. The Morgan fingerprint density at radius 2 is 1.57 bits per heavy atom. The normalized spacial score (nSPS) is 18.1. The first kappa shape index (κ1) is 19.9. The lowest BCUT2D eigenvalue weighted by Gasteiger charge is -2.25. The summed E-state index contributed by atoms with van der Waals surface area (Å²) in [4.78, 5) is 27.5. The Balaban J connectivity index is 1.85. The fraction of sp³-hybridized carbons (Fsp3) is 0.120. The van der Waals surface area contributed by atoms with Crippen molar-refractivity contribution in [3.05, 3.63) is 112 Å². The van der Waals surface area contributed by atoms with E-state index >= 15 is 0 Å². The van der Waals surface area contributed by atoms with Gasteiger partial charge in [0.25, 0.3) is 11.7 Å². The van der Waals surface area contributed by atoms with Gasteiger partial charge in [0.1, 0.15) is 5.76 Å². The molecule has 0 saturated carbocycles. The molecule has 0 bridgehead atoms. The summed E-state index contributed by atoms with van der Waals surface area (Å²) in [6.45, 7) is 2.24. The Labute approximate surface area is 180 Å². The van der Waals surface area contributed by atoms with Crippen LogP contribution in [0.5, 0.6) is 0 Å². The lowest BCUT2D eigenvalue weighted by Crippen LogP contribution is -2.29. The van der Waals surface area contributed by atoms with E-state index in [2.05, 4.69) is 0 Å². The molecule has 150 valence electrons. The molecule has 1 fully saturated rings. The predicted molar refractivity (Wildman–Crippen MR) is 117 cm³/mol. The number of carbonyl (C=O) groups excluding carboxylic acids is 2. The third-order valence-electron chi connectivity index (χ3n) is 5.25. The number of aliphatic hydroxyl groups is 1. The van der Waals surface area contributed by atoms with Gasteiger partial charge in [-0.3, -0.25) is 9.59 Å². The van der Waals surface area contributed by atoms with Crippen LogP contribution in [0.15, 0.2) is 84.4 Å². The molecule has 5 heteroatoms. The van der Waals surface area contributed by atoms with Gasteiger partial charge in [-0.1, -0.05) is 71.8 Å². The molecule has 3 aromatic rings. The van der Waals surface area contributed by atoms with Crippen molar-refractivity contribution in [1.82, 2.24) is 4.90 Å². The predicted octanol–water partition coefficient (Wildman–Crippen LogP) is 5.27. The summed E-state index contributed by atoms with van der Waals surface area (Å²) >= 11 is 5.95. The van der Waals surface area contributed by atoms with E-state index in [0.717, 1.165) is 16.7 Å². The minimum atomic E-state index is -0.691. The summed E-state index contributed by atoms with van der Waals surface area (Å²) in [5, 5.41) is 11.5. The van der Waals surface area contributed by atoms with Crippen LogP contribution in [-0.4, -0.2) is 21.7 Å². The standard InChI is InChI=1S/C25H20ClNO3/c1-16-7-9-18(10-8-16)22-21(23(28)19-11-13-20(26)14-12-19)24(29)25(30)27(22)15-17-5-3-2-4-6-17/h2-14,22,28H,15H2,1H3. The summed E-state index contributed by atoms with van der Waals surface area (Å²) in [5.41, 5.74) is 3.27. The molecule has 1 aliphatic rings. The maximum absolute atomic E-state index is 13.0. The molecule has 1 heterocycles. The monoisotopic (exact) mass is 417 g/mol. The smallest absolute Gasteiger partial charge is 0.295 e. The Bertz CT molecular complexity index is 1120. The molecule has 4 nitrogen and oxygen atoms in total. The van der Waals surface area contributed by atoms with Gasteiger partial charge in [-0.05, 0) is 42.3 Å². The highest BCUT2D eigenvalue weighted by atomic mass is 35.5. The lowest BCUT2D eigenvalue weighted by atomic mass is 9.94. The van der Waals surface area contributed by atoms with E-state index in [0.29, 0.717) is 10.6 Å². The molecule has 1 N–H and O–H groups in total. The highest BCUT2D eigenvalue weighted by Gasteiger charge is 2.46. The summed E-state index contributed by atoms with van der Waals surface area (Å²) < 4.78 is 0. The fourth-order valence-electron chi connectivity index (χ4n) is 3.68. The van der Waals surface area contributed by atoms with E-state index in [1.807, 2.05) is 61.5 Å². The van der Waals surface area contributed by atoms with Gasteiger partial charge in [0.15, 0.2) is 0 Å². The molecule has 1 amide bonds. The van der Waals surface area contributed by atoms with Gasteiger partial charge < -0.3 is 10.0 Å². The number of hydrogen-bond acceptors (Lipinski definition) is 3. The molecule has 3 aromatic carbocycles. The lowest BCUT2D eigenvalue weighted by molar-refractivity contribution is -0.140. The van der Waals surface area contributed by atoms with Gasteiger partial charge in [0.2, 0.25) is 0 Å². The van der Waals surface area contributed by atoms with Crippen LogP contribution in [-0.2, 0) is 16.1 Å². The Morgan fingerprint density at radius 1 is 0.933 bits per heavy atom. The van der Waals surface area contributed by atoms with Crippen LogP contribution < -0.4 is 0 Å². The number of ketones is 1. The van der Waals surface area contributed by atoms with Crippen molar-refractivity contribution in [1.29, 1.82) is 0 Å². The Morgan fingerprint density at radius 3 is 2.20 bits per heavy atom. The molecule has 0 spiro atoms. The third kappa shape index (κ3) is 3.74. The van der Waals surface area contributed by atoms with E-state index in [-0.39, 0.29) is 17.9 Å². The SMILES string of the molecule is Cc1ccc(C2C(=C(O)c3ccc(Cl)cc3)C(=O)C(=O)N2Cc2ccccc2)cc1. The summed E-state index contributed by atoms with van der Waals surface area (Å²) in [7, 11) is 0. The zero-order valence-corrected chi connectivity index (χ0v) is 17.1. The third-order valence-corrected chi connectivity index (χ3v) is 5.50. The van der Waals surface area contributed by atoms with Crippen molar-refractivity contribution in [2.24, 2.45) is 0 Å². The van der Waals surface area contributed by atoms with E-state index < -0.39 is 17.7 Å². The second-order valence-corrected chi connectivity index (χ2v) is 7.77. The number of carbonyl (C=O) groups is 2. The highest BCUT2D eigenvalue weighted by molar-refractivity contribution is 6.46. The Hall–Kier alpha value is -3.37. The van der Waals surface area contributed by atoms with Crippen LogP contribution in [0.3, 0.4) is 0 Å². The van der Waals surface area contributed by atoms with Gasteiger partial charge in [0.05, 0.1) is 11.6 Å². The second kappa shape index (κ2) is 8.17. The van der Waals surface area contributed by atoms with Crippen molar-refractivity contribution >= 4 is 29.1 Å². The van der Waals surface area contributed by atoms with E-state index in [1.54, 1.807) is 24.3 Å². The molecule has 1 saturated heterocycles. The first-order valence-electron chi connectivity index (χ1n) is 9.60. The van der Waals surface area contributed by atoms with Crippen LogP contribution in [0.4, 0.5) is 0 Å². The molecule has 0 aliphatic carbocycles. The van der Waals surface area contributed by atoms with Crippen LogP contribution in [0.25, 0.3) is 5.76 Å². The first-order valence-corrected chi connectivity index (χ1v) is 9.98. The molecule has 1 atom stereocenters. The quantitative estimate of drug-likeness (QED) is 0.357. The topological polar surface area (TPSA) is 57.6 Å². The number of halogens is 1. The van der Waals surface area contributed by atoms with Crippen LogP contribution in [0.1, 0.15) is 28.3 Å². The van der Waals surface area contributed by atoms with Crippen LogP contribution >= 0.6 is 11.6 Å². The van der Waals surface area contributed by atoms with E-state index in [1.165, 1.54) is 4.90 Å².